The van der Waals surface area contributed by atoms with Crippen LogP contribution in [0.15, 0.2) is 48.5 Å². The maximum Gasteiger partial charge on any atom is 0.264 e. The number of carbonyl (C=O) groups excluding carboxylic acids is 1. The first-order chi connectivity index (χ1) is 14.2. The summed E-state index contributed by atoms with van der Waals surface area (Å²) in [6, 6.07) is 15.7. The van der Waals surface area contributed by atoms with Crippen molar-refractivity contribution in [3.05, 3.63) is 54.4 Å². The summed E-state index contributed by atoms with van der Waals surface area (Å²) < 4.78 is 11.5. The van der Waals surface area contributed by atoms with Crippen molar-refractivity contribution in [1.82, 2.24) is 20.2 Å². The maximum absolute atomic E-state index is 12.8. The van der Waals surface area contributed by atoms with Crippen LogP contribution in [0.5, 0.6) is 11.5 Å². The number of aromatic nitrogens is 2. The van der Waals surface area contributed by atoms with Gasteiger partial charge in [0.15, 0.2) is 11.5 Å². The molecule has 3 aromatic rings. The van der Waals surface area contributed by atoms with Gasteiger partial charge in [-0.05, 0) is 44.2 Å². The SMILES string of the molecule is CN1CC[C@@H](NC(=O)[C@@H]2COc3ccccc3O2)C[C@@H]1c1nc2ccccc2[nH]1. The Morgan fingerprint density at radius 1 is 1.17 bits per heavy atom. The molecule has 0 aliphatic carbocycles. The highest BCUT2D eigenvalue weighted by Gasteiger charge is 2.33. The lowest BCUT2D eigenvalue weighted by Gasteiger charge is -2.37. The molecule has 0 saturated carbocycles. The van der Waals surface area contributed by atoms with Gasteiger partial charge in [-0.15, -0.1) is 0 Å². The molecule has 2 N–H and O–H groups in total. The predicted molar refractivity (Wildman–Crippen MR) is 109 cm³/mol. The van der Waals surface area contributed by atoms with Gasteiger partial charge in [0, 0.05) is 12.6 Å². The van der Waals surface area contributed by atoms with Crippen LogP contribution in [0.3, 0.4) is 0 Å². The molecule has 1 amide bonds. The predicted octanol–water partition coefficient (Wildman–Crippen LogP) is 2.65. The van der Waals surface area contributed by atoms with Crippen molar-refractivity contribution in [1.29, 1.82) is 0 Å². The van der Waals surface area contributed by atoms with E-state index in [1.54, 1.807) is 0 Å². The summed E-state index contributed by atoms with van der Waals surface area (Å²) in [4.78, 5) is 23.3. The fourth-order valence-corrected chi connectivity index (χ4v) is 4.11. The molecule has 3 heterocycles. The van der Waals surface area contributed by atoms with E-state index >= 15 is 0 Å². The number of fused-ring (bicyclic) bond motifs is 2. The van der Waals surface area contributed by atoms with Crippen molar-refractivity contribution in [2.24, 2.45) is 0 Å². The van der Waals surface area contributed by atoms with Gasteiger partial charge < -0.3 is 19.8 Å². The summed E-state index contributed by atoms with van der Waals surface area (Å²) in [7, 11) is 2.10. The third kappa shape index (κ3) is 3.53. The van der Waals surface area contributed by atoms with Crippen LogP contribution in [0.25, 0.3) is 11.0 Å². The number of imidazole rings is 1. The van der Waals surface area contributed by atoms with E-state index in [-0.39, 0.29) is 24.6 Å². The summed E-state index contributed by atoms with van der Waals surface area (Å²) in [5, 5.41) is 3.16. The molecule has 2 aliphatic heterocycles. The molecule has 2 aromatic carbocycles. The smallest absolute Gasteiger partial charge is 0.264 e. The van der Waals surface area contributed by atoms with Gasteiger partial charge in [-0.25, -0.2) is 4.98 Å². The molecule has 1 saturated heterocycles. The number of H-pyrrole nitrogens is 1. The number of hydrogen-bond donors (Lipinski definition) is 2. The van der Waals surface area contributed by atoms with Crippen LogP contribution in [-0.4, -0.2) is 53.1 Å². The number of para-hydroxylation sites is 4. The van der Waals surface area contributed by atoms with E-state index in [1.165, 1.54) is 0 Å². The largest absolute Gasteiger partial charge is 0.485 e. The quantitative estimate of drug-likeness (QED) is 0.716. The monoisotopic (exact) mass is 392 g/mol. The molecule has 0 radical (unpaired) electrons. The lowest BCUT2D eigenvalue weighted by molar-refractivity contribution is -0.131. The first kappa shape index (κ1) is 18.0. The van der Waals surface area contributed by atoms with Crippen molar-refractivity contribution in [2.45, 2.75) is 31.0 Å². The lowest BCUT2D eigenvalue weighted by Crippen LogP contribution is -2.51. The third-order valence-electron chi connectivity index (χ3n) is 5.74. The number of nitrogens with one attached hydrogen (secondary N) is 2. The molecule has 0 spiro atoms. The molecule has 7 heteroatoms. The maximum atomic E-state index is 12.8. The first-order valence-corrected chi connectivity index (χ1v) is 10.0. The van der Waals surface area contributed by atoms with Crippen molar-refractivity contribution in [3.63, 3.8) is 0 Å². The Labute approximate surface area is 169 Å². The van der Waals surface area contributed by atoms with Gasteiger partial charge in [-0.2, -0.15) is 0 Å². The Morgan fingerprint density at radius 3 is 2.83 bits per heavy atom. The normalized spacial score (nSPS) is 24.4. The second-order valence-electron chi connectivity index (χ2n) is 7.73. The number of carbonyl (C=O) groups is 1. The Morgan fingerprint density at radius 2 is 1.97 bits per heavy atom. The van der Waals surface area contributed by atoms with Crippen LogP contribution in [0.1, 0.15) is 24.7 Å². The minimum atomic E-state index is -0.630. The average molecular weight is 392 g/mol. The highest BCUT2D eigenvalue weighted by molar-refractivity contribution is 5.82. The zero-order valence-electron chi connectivity index (χ0n) is 16.3. The van der Waals surface area contributed by atoms with E-state index < -0.39 is 6.10 Å². The minimum Gasteiger partial charge on any atom is -0.485 e. The fraction of sp³-hybridized carbons (Fsp3) is 0.364. The Balaban J connectivity index is 1.26. The van der Waals surface area contributed by atoms with Gasteiger partial charge in [0.05, 0.1) is 17.1 Å². The van der Waals surface area contributed by atoms with E-state index in [0.717, 1.165) is 36.2 Å². The second kappa shape index (κ2) is 7.40. The highest BCUT2D eigenvalue weighted by Crippen LogP contribution is 2.32. The topological polar surface area (TPSA) is 79.5 Å². The van der Waals surface area contributed by atoms with Crippen LogP contribution in [0.4, 0.5) is 0 Å². The number of likely N-dealkylation sites (tertiary alicyclic amines) is 1. The van der Waals surface area contributed by atoms with Gasteiger partial charge in [0.25, 0.3) is 5.91 Å². The van der Waals surface area contributed by atoms with E-state index in [0.29, 0.717) is 11.5 Å². The van der Waals surface area contributed by atoms with Crippen molar-refractivity contribution < 1.29 is 14.3 Å². The molecular formula is C22H24N4O3. The van der Waals surface area contributed by atoms with Gasteiger partial charge in [-0.3, -0.25) is 9.69 Å². The van der Waals surface area contributed by atoms with Crippen molar-refractivity contribution in [3.8, 4) is 11.5 Å². The van der Waals surface area contributed by atoms with Crippen molar-refractivity contribution >= 4 is 16.9 Å². The number of aromatic amines is 1. The Hall–Kier alpha value is -3.06. The molecule has 0 bridgehead atoms. The number of ether oxygens (including phenoxy) is 2. The molecule has 3 atom stereocenters. The zero-order chi connectivity index (χ0) is 19.8. The summed E-state index contributed by atoms with van der Waals surface area (Å²) in [5.74, 6) is 2.11. The van der Waals surface area contributed by atoms with Crippen LogP contribution in [0, 0.1) is 0 Å². The van der Waals surface area contributed by atoms with Crippen LogP contribution >= 0.6 is 0 Å². The van der Waals surface area contributed by atoms with Crippen LogP contribution < -0.4 is 14.8 Å². The number of benzene rings is 2. The summed E-state index contributed by atoms with van der Waals surface area (Å²) in [6.07, 6.45) is 1.06. The van der Waals surface area contributed by atoms with E-state index in [1.807, 2.05) is 48.5 Å². The molecule has 1 fully saturated rings. The minimum absolute atomic E-state index is 0.0673. The second-order valence-corrected chi connectivity index (χ2v) is 7.73. The molecule has 7 nitrogen and oxygen atoms in total. The van der Waals surface area contributed by atoms with Gasteiger partial charge in [0.2, 0.25) is 6.10 Å². The molecule has 1 aromatic heterocycles. The molecule has 2 aliphatic rings. The highest BCUT2D eigenvalue weighted by atomic mass is 16.6. The summed E-state index contributed by atoms with van der Waals surface area (Å²) in [6.45, 7) is 1.11. The van der Waals surface area contributed by atoms with Crippen LogP contribution in [0.2, 0.25) is 0 Å². The number of hydrogen-bond acceptors (Lipinski definition) is 5. The molecule has 150 valence electrons. The summed E-state index contributed by atoms with van der Waals surface area (Å²) >= 11 is 0. The fourth-order valence-electron chi connectivity index (χ4n) is 4.11. The number of amides is 1. The Bertz CT molecular complexity index is 1000. The average Bonchev–Trinajstić information content (AvgIpc) is 3.18. The Kier molecular flexibility index (Phi) is 4.60. The third-order valence-corrected chi connectivity index (χ3v) is 5.74. The molecule has 5 rings (SSSR count). The van der Waals surface area contributed by atoms with E-state index in [9.17, 15) is 4.79 Å². The van der Waals surface area contributed by atoms with Gasteiger partial charge in [0.1, 0.15) is 12.4 Å². The molecular weight excluding hydrogens is 368 g/mol. The van der Waals surface area contributed by atoms with E-state index in [2.05, 4.69) is 22.2 Å². The first-order valence-electron chi connectivity index (χ1n) is 10.0. The molecule has 0 unspecified atom stereocenters. The lowest BCUT2D eigenvalue weighted by atomic mass is 9.97. The van der Waals surface area contributed by atoms with Gasteiger partial charge in [-0.1, -0.05) is 24.3 Å². The molecule has 29 heavy (non-hydrogen) atoms. The van der Waals surface area contributed by atoms with E-state index in [4.69, 9.17) is 14.5 Å². The van der Waals surface area contributed by atoms with Gasteiger partial charge >= 0.3 is 0 Å². The zero-order valence-corrected chi connectivity index (χ0v) is 16.3. The summed E-state index contributed by atoms with van der Waals surface area (Å²) in [5.41, 5.74) is 2.00. The number of nitrogens with zero attached hydrogens (tertiary/aromatic N) is 2. The number of piperidine rings is 1. The standard InChI is InChI=1S/C22H24N4O3/c1-26-11-10-14(12-17(26)21-24-15-6-2-3-7-16(15)25-21)23-22(27)20-13-28-18-8-4-5-9-19(18)29-20/h2-9,14,17,20H,10-13H2,1H3,(H,23,27)(H,24,25)/t14-,17-,20+/m1/s1. The number of rotatable bonds is 3. The van der Waals surface area contributed by atoms with Crippen LogP contribution in [-0.2, 0) is 4.79 Å². The van der Waals surface area contributed by atoms with Crippen molar-refractivity contribution in [2.75, 3.05) is 20.2 Å².